The van der Waals surface area contributed by atoms with Crippen molar-refractivity contribution in [3.8, 4) is 11.4 Å². The summed E-state index contributed by atoms with van der Waals surface area (Å²) in [7, 11) is 0. The maximum absolute atomic E-state index is 12.2. The lowest BCUT2D eigenvalue weighted by atomic mass is 10.1. The Kier molecular flexibility index (Phi) is 4.01. The molecular weight excluding hydrogens is 417 g/mol. The van der Waals surface area contributed by atoms with Crippen molar-refractivity contribution < 1.29 is 4.79 Å². The highest BCUT2D eigenvalue weighted by molar-refractivity contribution is 14.1. The van der Waals surface area contributed by atoms with E-state index in [0.29, 0.717) is 11.6 Å². The molecule has 1 aliphatic carbocycles. The third-order valence-corrected chi connectivity index (χ3v) is 4.61. The molecule has 1 fully saturated rings. The first-order chi connectivity index (χ1) is 11.7. The first-order valence-corrected chi connectivity index (χ1v) is 8.74. The second-order valence-electron chi connectivity index (χ2n) is 5.72. The number of rotatable bonds is 4. The molecule has 0 bridgehead atoms. The molecule has 0 atom stereocenters. The smallest absolute Gasteiger partial charge is 0.255 e. The highest BCUT2D eigenvalue weighted by Crippen LogP contribution is 2.36. The molecule has 4 rings (SSSR count). The lowest BCUT2D eigenvalue weighted by molar-refractivity contribution is 0.102. The normalized spacial score (nSPS) is 13.7. The Bertz CT molecular complexity index is 869. The number of tetrazole rings is 1. The monoisotopic (exact) mass is 431 g/mol. The first kappa shape index (κ1) is 15.3. The van der Waals surface area contributed by atoms with Gasteiger partial charge in [0, 0.05) is 20.4 Å². The Labute approximate surface area is 152 Å². The minimum absolute atomic E-state index is 0.123. The van der Waals surface area contributed by atoms with Gasteiger partial charge in [-0.2, -0.15) is 0 Å². The maximum Gasteiger partial charge on any atom is 0.255 e. The van der Waals surface area contributed by atoms with Crippen LogP contribution in [0.1, 0.15) is 29.2 Å². The Hall–Kier alpha value is -2.29. The average Bonchev–Trinajstić information content (AvgIpc) is 3.33. The SMILES string of the molecule is O=C(Nc1ccc(-c2nnnn2C2CC2)cc1)c1ccc(I)cc1. The van der Waals surface area contributed by atoms with Crippen LogP contribution >= 0.6 is 22.6 Å². The molecule has 0 saturated heterocycles. The Balaban J connectivity index is 1.50. The third kappa shape index (κ3) is 3.16. The molecular formula is C17H14IN5O. The molecule has 1 amide bonds. The quantitative estimate of drug-likeness (QED) is 0.642. The number of amides is 1. The predicted octanol–water partition coefficient (Wildman–Crippen LogP) is 3.53. The fourth-order valence-corrected chi connectivity index (χ4v) is 2.82. The standard InChI is InChI=1S/C17H14IN5O/c18-13-5-1-12(2-6-13)17(24)19-14-7-3-11(4-8-14)16-20-21-22-23(16)15-9-10-15/h1-8,15H,9-10H2,(H,19,24). The van der Waals surface area contributed by atoms with E-state index in [1.54, 1.807) is 0 Å². The summed E-state index contributed by atoms with van der Waals surface area (Å²) in [6.45, 7) is 0. The Morgan fingerprint density at radius 2 is 1.79 bits per heavy atom. The van der Waals surface area contributed by atoms with Crippen molar-refractivity contribution in [1.82, 2.24) is 20.2 Å². The molecule has 1 heterocycles. The number of carbonyl (C=O) groups excluding carboxylic acids is 1. The molecule has 1 aromatic heterocycles. The van der Waals surface area contributed by atoms with Crippen molar-refractivity contribution in [2.45, 2.75) is 18.9 Å². The molecule has 0 spiro atoms. The van der Waals surface area contributed by atoms with Crippen molar-refractivity contribution in [3.63, 3.8) is 0 Å². The van der Waals surface area contributed by atoms with E-state index in [2.05, 4.69) is 43.4 Å². The molecule has 7 heteroatoms. The van der Waals surface area contributed by atoms with Crippen LogP contribution in [0.3, 0.4) is 0 Å². The van der Waals surface area contributed by atoms with Crippen molar-refractivity contribution in [3.05, 3.63) is 57.7 Å². The maximum atomic E-state index is 12.2. The van der Waals surface area contributed by atoms with Crippen LogP contribution in [0.15, 0.2) is 48.5 Å². The number of anilines is 1. The van der Waals surface area contributed by atoms with Gasteiger partial charge in [0.2, 0.25) is 0 Å². The van der Waals surface area contributed by atoms with E-state index in [4.69, 9.17) is 0 Å². The van der Waals surface area contributed by atoms with Gasteiger partial charge in [0.05, 0.1) is 6.04 Å². The molecule has 120 valence electrons. The van der Waals surface area contributed by atoms with Crippen LogP contribution in [-0.2, 0) is 0 Å². The van der Waals surface area contributed by atoms with Gasteiger partial charge in [-0.1, -0.05) is 0 Å². The number of halogens is 1. The van der Waals surface area contributed by atoms with Gasteiger partial charge in [-0.15, -0.1) is 5.10 Å². The van der Waals surface area contributed by atoms with Gasteiger partial charge in [-0.05, 0) is 94.4 Å². The van der Waals surface area contributed by atoms with E-state index in [-0.39, 0.29) is 5.91 Å². The highest BCUT2D eigenvalue weighted by Gasteiger charge is 2.28. The van der Waals surface area contributed by atoms with Crippen LogP contribution < -0.4 is 5.32 Å². The second kappa shape index (κ2) is 6.31. The number of nitrogens with zero attached hydrogens (tertiary/aromatic N) is 4. The summed E-state index contributed by atoms with van der Waals surface area (Å²) in [5.41, 5.74) is 2.32. The summed E-state index contributed by atoms with van der Waals surface area (Å²) in [5, 5.41) is 14.8. The second-order valence-corrected chi connectivity index (χ2v) is 6.96. The van der Waals surface area contributed by atoms with Gasteiger partial charge in [-0.3, -0.25) is 4.79 Å². The summed E-state index contributed by atoms with van der Waals surface area (Å²) < 4.78 is 2.97. The van der Waals surface area contributed by atoms with E-state index in [1.165, 1.54) is 0 Å². The van der Waals surface area contributed by atoms with Gasteiger partial charge in [0.15, 0.2) is 5.82 Å². The van der Waals surface area contributed by atoms with Crippen molar-refractivity contribution in [1.29, 1.82) is 0 Å². The summed E-state index contributed by atoms with van der Waals surface area (Å²) in [5.74, 6) is 0.648. The number of carbonyl (C=O) groups is 1. The van der Waals surface area contributed by atoms with Crippen LogP contribution in [0.5, 0.6) is 0 Å². The van der Waals surface area contributed by atoms with Crippen molar-refractivity contribution in [2.75, 3.05) is 5.32 Å². The Morgan fingerprint density at radius 3 is 2.46 bits per heavy atom. The number of aromatic nitrogens is 4. The predicted molar refractivity (Wildman–Crippen MR) is 98.6 cm³/mol. The fraction of sp³-hybridized carbons (Fsp3) is 0.176. The molecule has 2 aromatic carbocycles. The van der Waals surface area contributed by atoms with Gasteiger partial charge in [0.1, 0.15) is 0 Å². The first-order valence-electron chi connectivity index (χ1n) is 7.66. The van der Waals surface area contributed by atoms with Crippen molar-refractivity contribution in [2.24, 2.45) is 0 Å². The van der Waals surface area contributed by atoms with Gasteiger partial charge < -0.3 is 5.32 Å². The summed E-state index contributed by atoms with van der Waals surface area (Å²) in [4.78, 5) is 12.2. The number of hydrogen-bond donors (Lipinski definition) is 1. The van der Waals surface area contributed by atoms with Gasteiger partial charge in [0.25, 0.3) is 5.91 Å². The lowest BCUT2D eigenvalue weighted by Gasteiger charge is -2.07. The van der Waals surface area contributed by atoms with Crippen molar-refractivity contribution >= 4 is 34.2 Å². The Morgan fingerprint density at radius 1 is 1.08 bits per heavy atom. The van der Waals surface area contributed by atoms with E-state index >= 15 is 0 Å². The number of hydrogen-bond acceptors (Lipinski definition) is 4. The number of benzene rings is 2. The molecule has 1 aliphatic rings. The topological polar surface area (TPSA) is 72.7 Å². The highest BCUT2D eigenvalue weighted by atomic mass is 127. The summed E-state index contributed by atoms with van der Waals surface area (Å²) in [6, 6.07) is 15.5. The molecule has 24 heavy (non-hydrogen) atoms. The summed E-state index contributed by atoms with van der Waals surface area (Å²) in [6.07, 6.45) is 2.25. The van der Waals surface area contributed by atoms with E-state index in [1.807, 2.05) is 53.2 Å². The zero-order valence-electron chi connectivity index (χ0n) is 12.7. The molecule has 1 N–H and O–H groups in total. The average molecular weight is 431 g/mol. The minimum atomic E-state index is -0.123. The largest absolute Gasteiger partial charge is 0.322 e. The van der Waals surface area contributed by atoms with E-state index in [9.17, 15) is 4.79 Å². The molecule has 3 aromatic rings. The molecule has 0 unspecified atom stereocenters. The molecule has 0 aliphatic heterocycles. The zero-order valence-corrected chi connectivity index (χ0v) is 14.8. The van der Waals surface area contributed by atoms with Crippen LogP contribution in [0, 0.1) is 3.57 Å². The summed E-state index contributed by atoms with van der Waals surface area (Å²) >= 11 is 2.21. The van der Waals surface area contributed by atoms with E-state index in [0.717, 1.165) is 33.5 Å². The van der Waals surface area contributed by atoms with E-state index < -0.39 is 0 Å². The lowest BCUT2D eigenvalue weighted by Crippen LogP contribution is -2.11. The van der Waals surface area contributed by atoms with Gasteiger partial charge in [-0.25, -0.2) is 4.68 Å². The molecule has 6 nitrogen and oxygen atoms in total. The van der Waals surface area contributed by atoms with Crippen LogP contribution in [-0.4, -0.2) is 26.1 Å². The van der Waals surface area contributed by atoms with Crippen LogP contribution in [0.4, 0.5) is 5.69 Å². The van der Waals surface area contributed by atoms with Gasteiger partial charge >= 0.3 is 0 Å². The molecule has 0 radical (unpaired) electrons. The minimum Gasteiger partial charge on any atom is -0.322 e. The van der Waals surface area contributed by atoms with Crippen LogP contribution in [0.25, 0.3) is 11.4 Å². The zero-order chi connectivity index (χ0) is 16.5. The third-order valence-electron chi connectivity index (χ3n) is 3.89. The molecule has 1 saturated carbocycles. The fourth-order valence-electron chi connectivity index (χ4n) is 2.46. The number of nitrogens with one attached hydrogen (secondary N) is 1. The van der Waals surface area contributed by atoms with Crippen LogP contribution in [0.2, 0.25) is 0 Å².